The third kappa shape index (κ3) is 2.78. The van der Waals surface area contributed by atoms with Crippen molar-refractivity contribution in [2.75, 3.05) is 0 Å². The Morgan fingerprint density at radius 1 is 1.46 bits per heavy atom. The molecule has 72 valence electrons. The highest BCUT2D eigenvalue weighted by Crippen LogP contribution is 2.32. The zero-order chi connectivity index (χ0) is 9.90. The molecule has 1 aliphatic rings. The molecule has 0 aliphatic heterocycles. The Balaban J connectivity index is 2.71. The first kappa shape index (κ1) is 10.1. The largest absolute Gasteiger partial charge is 0.413 e. The van der Waals surface area contributed by atoms with E-state index < -0.39 is 11.7 Å². The zero-order valence-corrected chi connectivity index (χ0v) is 7.41. The Kier molecular flexibility index (Phi) is 2.99. The smallest absolute Gasteiger partial charge is 0.166 e. The lowest BCUT2D eigenvalue weighted by Crippen LogP contribution is -2.13. The van der Waals surface area contributed by atoms with E-state index in [0.29, 0.717) is 6.42 Å². The van der Waals surface area contributed by atoms with Crippen LogP contribution in [0.2, 0.25) is 0 Å². The predicted octanol–water partition coefficient (Wildman–Crippen LogP) is 3.76. The number of rotatable bonds is 2. The summed E-state index contributed by atoms with van der Waals surface area (Å²) in [6, 6.07) is 0. The van der Waals surface area contributed by atoms with E-state index in [-0.39, 0.29) is 6.42 Å². The maximum atomic E-state index is 12.2. The van der Waals surface area contributed by atoms with Gasteiger partial charge in [-0.1, -0.05) is 13.3 Å². The maximum Gasteiger partial charge on any atom is 0.413 e. The second kappa shape index (κ2) is 3.84. The number of halogens is 3. The number of alkyl halides is 3. The minimum Gasteiger partial charge on any atom is -0.166 e. The fourth-order valence-corrected chi connectivity index (χ4v) is 1.26. The maximum absolute atomic E-state index is 12.2. The van der Waals surface area contributed by atoms with Gasteiger partial charge in [0.15, 0.2) is 0 Å². The molecule has 0 aromatic rings. The van der Waals surface area contributed by atoms with Gasteiger partial charge in [0.05, 0.1) is 0 Å². The Hall–Kier alpha value is -0.950. The summed E-state index contributed by atoms with van der Waals surface area (Å²) in [6.07, 6.45) is -0.160. The van der Waals surface area contributed by atoms with Crippen LogP contribution in [-0.4, -0.2) is 6.18 Å². The van der Waals surface area contributed by atoms with Crippen molar-refractivity contribution >= 4 is 0 Å². The summed E-state index contributed by atoms with van der Waals surface area (Å²) in [5, 5.41) is 0. The van der Waals surface area contributed by atoms with E-state index >= 15 is 0 Å². The average Bonchev–Trinajstić information content (AvgIpc) is 2.04. The second-order valence-electron chi connectivity index (χ2n) is 3.03. The molecule has 0 heterocycles. The summed E-state index contributed by atoms with van der Waals surface area (Å²) in [7, 11) is 0. The number of allylic oxidation sites excluding steroid dienone is 3. The lowest BCUT2D eigenvalue weighted by molar-refractivity contribution is -0.0932. The predicted molar refractivity (Wildman–Crippen MR) is 45.3 cm³/mol. The highest BCUT2D eigenvalue weighted by Gasteiger charge is 2.33. The van der Waals surface area contributed by atoms with Gasteiger partial charge in [0.1, 0.15) is 0 Å². The summed E-state index contributed by atoms with van der Waals surface area (Å²) in [5.74, 6) is 0. The fourth-order valence-electron chi connectivity index (χ4n) is 1.26. The molecular formula is C10H11F3. The second-order valence-corrected chi connectivity index (χ2v) is 3.03. The Morgan fingerprint density at radius 2 is 2.15 bits per heavy atom. The van der Waals surface area contributed by atoms with E-state index in [1.807, 2.05) is 6.92 Å². The van der Waals surface area contributed by atoms with Crippen LogP contribution in [0.1, 0.15) is 26.2 Å². The third-order valence-corrected chi connectivity index (χ3v) is 1.89. The molecule has 0 nitrogen and oxygen atoms in total. The van der Waals surface area contributed by atoms with E-state index in [4.69, 9.17) is 0 Å². The van der Waals surface area contributed by atoms with Gasteiger partial charge >= 0.3 is 6.18 Å². The summed E-state index contributed by atoms with van der Waals surface area (Å²) in [5.41, 5.74) is 3.12. The molecule has 0 bridgehead atoms. The van der Waals surface area contributed by atoms with Gasteiger partial charge in [-0.05, 0) is 24.1 Å². The first-order chi connectivity index (χ1) is 6.04. The molecule has 3 heteroatoms. The number of hydrogen-bond donors (Lipinski definition) is 0. The van der Waals surface area contributed by atoms with Crippen molar-refractivity contribution in [1.29, 1.82) is 0 Å². The van der Waals surface area contributed by atoms with Gasteiger partial charge in [0, 0.05) is 12.0 Å². The molecule has 0 atom stereocenters. The van der Waals surface area contributed by atoms with Crippen LogP contribution in [0.3, 0.4) is 0 Å². The van der Waals surface area contributed by atoms with Crippen LogP contribution >= 0.6 is 0 Å². The van der Waals surface area contributed by atoms with E-state index in [0.717, 1.165) is 18.1 Å². The highest BCUT2D eigenvalue weighted by molar-refractivity contribution is 5.28. The SMILES string of the molecule is CCCC1=C=CC=C(C(F)(F)F)C1. The van der Waals surface area contributed by atoms with Gasteiger partial charge in [-0.3, -0.25) is 0 Å². The number of hydrogen-bond acceptors (Lipinski definition) is 0. The van der Waals surface area contributed by atoms with Crippen molar-refractivity contribution in [1.82, 2.24) is 0 Å². The molecule has 1 aliphatic carbocycles. The van der Waals surface area contributed by atoms with Gasteiger partial charge in [-0.15, -0.1) is 5.73 Å². The topological polar surface area (TPSA) is 0 Å². The fraction of sp³-hybridized carbons (Fsp3) is 0.500. The summed E-state index contributed by atoms with van der Waals surface area (Å²) in [6.45, 7) is 1.94. The minimum atomic E-state index is -4.18. The Morgan fingerprint density at radius 3 is 2.69 bits per heavy atom. The molecule has 0 N–H and O–H groups in total. The average molecular weight is 188 g/mol. The monoisotopic (exact) mass is 188 g/mol. The van der Waals surface area contributed by atoms with Gasteiger partial charge in [-0.25, -0.2) is 0 Å². The lowest BCUT2D eigenvalue weighted by atomic mass is 9.98. The highest BCUT2D eigenvalue weighted by atomic mass is 19.4. The molecule has 0 saturated heterocycles. The van der Waals surface area contributed by atoms with Crippen LogP contribution in [0.5, 0.6) is 0 Å². The Labute approximate surface area is 75.4 Å². The van der Waals surface area contributed by atoms with Crippen LogP contribution < -0.4 is 0 Å². The Bertz CT molecular complexity index is 275. The summed E-state index contributed by atoms with van der Waals surface area (Å²) in [4.78, 5) is 0. The van der Waals surface area contributed by atoms with Crippen LogP contribution in [0.15, 0.2) is 29.0 Å². The van der Waals surface area contributed by atoms with Crippen LogP contribution in [0.25, 0.3) is 0 Å². The van der Waals surface area contributed by atoms with Crippen molar-refractivity contribution in [2.45, 2.75) is 32.4 Å². The first-order valence-electron chi connectivity index (χ1n) is 4.25. The van der Waals surface area contributed by atoms with Gasteiger partial charge < -0.3 is 0 Å². The van der Waals surface area contributed by atoms with E-state index in [1.54, 1.807) is 0 Å². The van der Waals surface area contributed by atoms with Crippen molar-refractivity contribution < 1.29 is 13.2 Å². The molecule has 0 unspecified atom stereocenters. The molecule has 0 aromatic carbocycles. The van der Waals surface area contributed by atoms with Gasteiger partial charge in [0.25, 0.3) is 0 Å². The molecule has 0 radical (unpaired) electrons. The molecule has 0 saturated carbocycles. The van der Waals surface area contributed by atoms with Gasteiger partial charge in [-0.2, -0.15) is 13.2 Å². The van der Waals surface area contributed by atoms with Gasteiger partial charge in [0.2, 0.25) is 0 Å². The van der Waals surface area contributed by atoms with E-state index in [9.17, 15) is 13.2 Å². The van der Waals surface area contributed by atoms with Crippen molar-refractivity contribution in [3.63, 3.8) is 0 Å². The van der Waals surface area contributed by atoms with Crippen molar-refractivity contribution in [2.24, 2.45) is 0 Å². The summed E-state index contributed by atoms with van der Waals surface area (Å²) >= 11 is 0. The lowest BCUT2D eigenvalue weighted by Gasteiger charge is -2.13. The van der Waals surface area contributed by atoms with Crippen LogP contribution in [0, 0.1) is 0 Å². The summed E-state index contributed by atoms with van der Waals surface area (Å²) < 4.78 is 36.7. The van der Waals surface area contributed by atoms with Crippen molar-refractivity contribution in [3.05, 3.63) is 29.0 Å². The minimum absolute atomic E-state index is 0.00778. The molecular weight excluding hydrogens is 177 g/mol. The normalized spacial score (nSPS) is 16.9. The van der Waals surface area contributed by atoms with Crippen LogP contribution in [-0.2, 0) is 0 Å². The molecule has 0 amide bonds. The van der Waals surface area contributed by atoms with E-state index in [1.165, 1.54) is 6.08 Å². The van der Waals surface area contributed by atoms with Crippen molar-refractivity contribution in [3.8, 4) is 0 Å². The van der Waals surface area contributed by atoms with E-state index in [2.05, 4.69) is 5.73 Å². The molecule has 0 aromatic heterocycles. The molecule has 13 heavy (non-hydrogen) atoms. The third-order valence-electron chi connectivity index (χ3n) is 1.89. The molecule has 0 fully saturated rings. The zero-order valence-electron chi connectivity index (χ0n) is 7.41. The molecule has 1 rings (SSSR count). The van der Waals surface area contributed by atoms with Crippen LogP contribution in [0.4, 0.5) is 13.2 Å². The molecule has 0 spiro atoms. The standard InChI is InChI=1S/C10H11F3/c1-2-4-8-5-3-6-9(7-8)10(11,12)13/h3,6H,2,4,7H2,1H3. The quantitative estimate of drug-likeness (QED) is 0.579. The first-order valence-corrected chi connectivity index (χ1v) is 4.25.